The van der Waals surface area contributed by atoms with Gasteiger partial charge in [-0.05, 0) is 31.0 Å². The number of rotatable bonds is 5. The number of carbonyl (C=O) groups excluding carboxylic acids is 1. The summed E-state index contributed by atoms with van der Waals surface area (Å²) in [5.74, 6) is 1.31. The van der Waals surface area contributed by atoms with Crippen molar-refractivity contribution in [1.82, 2.24) is 5.32 Å². The fourth-order valence-electron chi connectivity index (χ4n) is 3.08. The first kappa shape index (κ1) is 15.6. The zero-order chi connectivity index (χ0) is 16.2. The van der Waals surface area contributed by atoms with E-state index >= 15 is 0 Å². The molecule has 3 rings (SSSR count). The lowest BCUT2D eigenvalue weighted by Crippen LogP contribution is -2.40. The molecule has 2 aliphatic rings. The number of amides is 1. The maximum atomic E-state index is 12.3. The van der Waals surface area contributed by atoms with Crippen molar-refractivity contribution in [2.75, 3.05) is 14.2 Å². The molecule has 0 radical (unpaired) electrons. The molecule has 6 nitrogen and oxygen atoms in total. The molecule has 1 N–H and O–H groups in total. The van der Waals surface area contributed by atoms with E-state index in [1.165, 1.54) is 12.8 Å². The predicted octanol–water partition coefficient (Wildman–Crippen LogP) is 2.26. The van der Waals surface area contributed by atoms with E-state index in [9.17, 15) is 4.79 Å². The van der Waals surface area contributed by atoms with Gasteiger partial charge in [0.15, 0.2) is 0 Å². The van der Waals surface area contributed by atoms with Gasteiger partial charge in [-0.2, -0.15) is 0 Å². The summed E-state index contributed by atoms with van der Waals surface area (Å²) in [5, 5.41) is 7.14. The van der Waals surface area contributed by atoms with Gasteiger partial charge in [-0.25, -0.2) is 0 Å². The molecule has 6 heteroatoms. The second-order valence-electron chi connectivity index (χ2n) is 5.89. The fourth-order valence-corrected chi connectivity index (χ4v) is 3.08. The molecule has 0 saturated heterocycles. The molecule has 124 valence electrons. The van der Waals surface area contributed by atoms with Gasteiger partial charge in [0.2, 0.25) is 6.10 Å². The molecular formula is C17H22N2O4. The normalized spacial score (nSPS) is 20.8. The van der Waals surface area contributed by atoms with Gasteiger partial charge in [-0.3, -0.25) is 4.79 Å². The monoisotopic (exact) mass is 318 g/mol. The Hall–Kier alpha value is -2.24. The van der Waals surface area contributed by atoms with Crippen molar-refractivity contribution >= 4 is 11.6 Å². The van der Waals surface area contributed by atoms with Crippen LogP contribution in [0.15, 0.2) is 23.4 Å². The van der Waals surface area contributed by atoms with Crippen molar-refractivity contribution in [3.05, 3.63) is 23.8 Å². The van der Waals surface area contributed by atoms with E-state index in [-0.39, 0.29) is 11.9 Å². The summed E-state index contributed by atoms with van der Waals surface area (Å²) in [7, 11) is 3.21. The largest absolute Gasteiger partial charge is 0.497 e. The van der Waals surface area contributed by atoms with Crippen molar-refractivity contribution in [2.24, 2.45) is 5.16 Å². The number of methoxy groups -OCH3 is 2. The Bertz CT molecular complexity index is 609. The predicted molar refractivity (Wildman–Crippen MR) is 86.0 cm³/mol. The highest BCUT2D eigenvalue weighted by molar-refractivity contribution is 6.06. The summed E-state index contributed by atoms with van der Waals surface area (Å²) < 4.78 is 10.6. The number of benzene rings is 1. The van der Waals surface area contributed by atoms with Crippen LogP contribution >= 0.6 is 0 Å². The van der Waals surface area contributed by atoms with Crippen LogP contribution in [0, 0.1) is 0 Å². The average Bonchev–Trinajstić information content (AvgIpc) is 3.25. The summed E-state index contributed by atoms with van der Waals surface area (Å²) in [6.07, 6.45) is 4.33. The Labute approximate surface area is 135 Å². The number of hydrogen-bond acceptors (Lipinski definition) is 5. The molecule has 1 unspecified atom stereocenters. The van der Waals surface area contributed by atoms with Crippen LogP contribution in [0.2, 0.25) is 0 Å². The molecule has 1 aliphatic heterocycles. The van der Waals surface area contributed by atoms with Crippen LogP contribution in [0.3, 0.4) is 0 Å². The summed E-state index contributed by atoms with van der Waals surface area (Å²) >= 11 is 0. The van der Waals surface area contributed by atoms with Crippen LogP contribution in [0.4, 0.5) is 0 Å². The molecule has 23 heavy (non-hydrogen) atoms. The van der Waals surface area contributed by atoms with E-state index in [0.717, 1.165) is 18.4 Å². The Morgan fingerprint density at radius 3 is 2.74 bits per heavy atom. The van der Waals surface area contributed by atoms with Crippen LogP contribution in [0.1, 0.15) is 37.7 Å². The van der Waals surface area contributed by atoms with Gasteiger partial charge < -0.3 is 19.6 Å². The Morgan fingerprint density at radius 2 is 2.04 bits per heavy atom. The van der Waals surface area contributed by atoms with E-state index in [4.69, 9.17) is 14.3 Å². The molecule has 1 aromatic carbocycles. The minimum atomic E-state index is -0.568. The van der Waals surface area contributed by atoms with E-state index in [1.54, 1.807) is 14.2 Å². The Morgan fingerprint density at radius 1 is 1.26 bits per heavy atom. The lowest BCUT2D eigenvalue weighted by atomic mass is 10.0. The third-order valence-electron chi connectivity index (χ3n) is 4.38. The summed E-state index contributed by atoms with van der Waals surface area (Å²) in [6, 6.07) is 5.77. The minimum absolute atomic E-state index is 0.0856. The highest BCUT2D eigenvalue weighted by Crippen LogP contribution is 2.29. The van der Waals surface area contributed by atoms with Crippen molar-refractivity contribution in [3.8, 4) is 11.5 Å². The summed E-state index contributed by atoms with van der Waals surface area (Å²) in [4.78, 5) is 17.6. The Balaban J connectivity index is 1.68. The first-order valence-corrected chi connectivity index (χ1v) is 7.96. The zero-order valence-corrected chi connectivity index (χ0v) is 13.5. The molecule has 1 aromatic rings. The first-order chi connectivity index (χ1) is 11.2. The quantitative estimate of drug-likeness (QED) is 0.904. The van der Waals surface area contributed by atoms with Crippen LogP contribution in [0.25, 0.3) is 0 Å². The number of nitrogens with zero attached hydrogens (tertiary/aromatic N) is 1. The van der Waals surface area contributed by atoms with E-state index in [0.29, 0.717) is 23.6 Å². The third kappa shape index (κ3) is 3.41. The molecule has 0 bridgehead atoms. The summed E-state index contributed by atoms with van der Waals surface area (Å²) in [5.41, 5.74) is 1.50. The number of nitrogens with one attached hydrogen (secondary N) is 1. The Kier molecular flexibility index (Phi) is 4.69. The topological polar surface area (TPSA) is 69.1 Å². The number of ether oxygens (including phenoxy) is 2. The fraction of sp³-hybridized carbons (Fsp3) is 0.529. The molecule has 1 amide bonds. The van der Waals surface area contributed by atoms with Crippen molar-refractivity contribution in [3.63, 3.8) is 0 Å². The van der Waals surface area contributed by atoms with Crippen LogP contribution in [-0.2, 0) is 9.63 Å². The zero-order valence-electron chi connectivity index (χ0n) is 13.5. The highest BCUT2D eigenvalue weighted by Gasteiger charge is 2.32. The third-order valence-corrected chi connectivity index (χ3v) is 4.38. The van der Waals surface area contributed by atoms with Gasteiger partial charge in [-0.1, -0.05) is 18.0 Å². The van der Waals surface area contributed by atoms with Crippen LogP contribution < -0.4 is 14.8 Å². The maximum Gasteiger partial charge on any atom is 0.264 e. The molecule has 0 spiro atoms. The average molecular weight is 318 g/mol. The second kappa shape index (κ2) is 6.89. The lowest BCUT2D eigenvalue weighted by Gasteiger charge is -2.14. The van der Waals surface area contributed by atoms with E-state index < -0.39 is 6.10 Å². The number of hydrogen-bond donors (Lipinski definition) is 1. The minimum Gasteiger partial charge on any atom is -0.497 e. The molecule has 1 fully saturated rings. The summed E-state index contributed by atoms with van der Waals surface area (Å²) in [6.45, 7) is 0. The molecule has 0 aromatic heterocycles. The molecule has 1 saturated carbocycles. The molecule has 1 heterocycles. The van der Waals surface area contributed by atoms with Gasteiger partial charge in [-0.15, -0.1) is 0 Å². The van der Waals surface area contributed by atoms with Crippen LogP contribution in [0.5, 0.6) is 11.5 Å². The smallest absolute Gasteiger partial charge is 0.264 e. The van der Waals surface area contributed by atoms with Crippen molar-refractivity contribution in [1.29, 1.82) is 0 Å². The molecule has 1 aliphatic carbocycles. The van der Waals surface area contributed by atoms with Gasteiger partial charge in [0.05, 0.1) is 19.9 Å². The number of oxime groups is 1. The maximum absolute atomic E-state index is 12.3. The first-order valence-electron chi connectivity index (χ1n) is 7.96. The highest BCUT2D eigenvalue weighted by atomic mass is 16.6. The lowest BCUT2D eigenvalue weighted by molar-refractivity contribution is -0.131. The van der Waals surface area contributed by atoms with E-state index in [1.807, 2.05) is 18.2 Å². The van der Waals surface area contributed by atoms with Gasteiger partial charge in [0, 0.05) is 18.0 Å². The number of carbonyl (C=O) groups is 1. The second-order valence-corrected chi connectivity index (χ2v) is 5.89. The van der Waals surface area contributed by atoms with Crippen molar-refractivity contribution < 1.29 is 19.1 Å². The molecular weight excluding hydrogens is 296 g/mol. The van der Waals surface area contributed by atoms with E-state index in [2.05, 4.69) is 10.5 Å². The van der Waals surface area contributed by atoms with Gasteiger partial charge >= 0.3 is 0 Å². The standard InChI is InChI=1S/C17H22N2O4/c1-21-12-7-8-15(22-2)13(9-12)14-10-16(23-19-14)17(20)18-11-5-3-4-6-11/h7-9,11,16H,3-6,10H2,1-2H3,(H,18,20). The van der Waals surface area contributed by atoms with Gasteiger partial charge in [0.1, 0.15) is 11.5 Å². The van der Waals surface area contributed by atoms with Crippen LogP contribution in [-0.4, -0.2) is 38.0 Å². The SMILES string of the molecule is COc1ccc(OC)c(C2=NOC(C(=O)NC3CCCC3)C2)c1. The van der Waals surface area contributed by atoms with Crippen molar-refractivity contribution in [2.45, 2.75) is 44.2 Å². The molecule has 1 atom stereocenters. The van der Waals surface area contributed by atoms with Gasteiger partial charge in [0.25, 0.3) is 5.91 Å².